The van der Waals surface area contributed by atoms with Crippen LogP contribution in [0.4, 0.5) is 0 Å². The van der Waals surface area contributed by atoms with E-state index in [9.17, 15) is 4.79 Å². The van der Waals surface area contributed by atoms with Gasteiger partial charge in [0.25, 0.3) is 0 Å². The highest BCUT2D eigenvalue weighted by molar-refractivity contribution is 6.77. The minimum absolute atomic E-state index is 0.119. The van der Waals surface area contributed by atoms with Gasteiger partial charge >= 0.3 is 0 Å². The van der Waals surface area contributed by atoms with Crippen molar-refractivity contribution in [3.63, 3.8) is 0 Å². The number of hydrogen-bond acceptors (Lipinski definition) is 2. The van der Waals surface area contributed by atoms with Gasteiger partial charge in [-0.25, -0.2) is 0 Å². The average Bonchev–Trinajstić information content (AvgIpc) is 2.22. The monoisotopic (exact) mass is 256 g/mol. The lowest BCUT2D eigenvalue weighted by Crippen LogP contribution is -2.50. The van der Waals surface area contributed by atoms with Crippen LogP contribution in [0.15, 0.2) is 12.7 Å². The van der Waals surface area contributed by atoms with Crippen molar-refractivity contribution >= 4 is 14.6 Å². The van der Waals surface area contributed by atoms with Gasteiger partial charge in [0.2, 0.25) is 8.32 Å². The van der Waals surface area contributed by atoms with E-state index in [-0.39, 0.29) is 6.10 Å². The minimum Gasteiger partial charge on any atom is -0.409 e. The molecule has 100 valence electrons. The molecule has 0 aromatic carbocycles. The summed E-state index contributed by atoms with van der Waals surface area (Å²) in [5.41, 5.74) is 1.62. The Hall–Kier alpha value is -0.413. The van der Waals surface area contributed by atoms with Crippen LogP contribution in [0.3, 0.4) is 0 Å². The fourth-order valence-electron chi connectivity index (χ4n) is 2.96. The summed E-state index contributed by atoms with van der Waals surface area (Å²) in [6.07, 6.45) is 2.99. The maximum Gasteiger partial charge on any atom is 0.201 e. The minimum atomic E-state index is -1.88. The zero-order valence-corrected chi connectivity index (χ0v) is 13.2. The molecule has 1 atom stereocenters. The number of rotatable bonds is 8. The normalized spacial score (nSPS) is 14.4. The molecule has 0 aliphatic rings. The summed E-state index contributed by atoms with van der Waals surface area (Å²) in [5, 5.41) is 0. The summed E-state index contributed by atoms with van der Waals surface area (Å²) in [5.74, 6) is 0. The lowest BCUT2D eigenvalue weighted by molar-refractivity contribution is -0.108. The second kappa shape index (κ2) is 7.12. The van der Waals surface area contributed by atoms with Gasteiger partial charge in [0, 0.05) is 6.42 Å². The van der Waals surface area contributed by atoms with E-state index in [1.54, 1.807) is 6.08 Å². The molecule has 0 saturated carbocycles. The molecule has 17 heavy (non-hydrogen) atoms. The SMILES string of the molecule is C=C[C@@H](CC=O)O[Si](C(C)C)(C(C)C)C(C)C. The van der Waals surface area contributed by atoms with Gasteiger partial charge in [0.15, 0.2) is 0 Å². The van der Waals surface area contributed by atoms with E-state index in [1.165, 1.54) is 0 Å². The predicted molar refractivity (Wildman–Crippen MR) is 76.8 cm³/mol. The Balaban J connectivity index is 5.15. The molecule has 0 heterocycles. The van der Waals surface area contributed by atoms with E-state index < -0.39 is 8.32 Å². The molecule has 0 N–H and O–H groups in total. The summed E-state index contributed by atoms with van der Waals surface area (Å²) in [6, 6.07) is 0. The number of carbonyl (C=O) groups excluding carboxylic acids is 1. The van der Waals surface area contributed by atoms with Crippen molar-refractivity contribution in [2.75, 3.05) is 0 Å². The summed E-state index contributed by atoms with van der Waals surface area (Å²) < 4.78 is 6.40. The van der Waals surface area contributed by atoms with Crippen molar-refractivity contribution < 1.29 is 9.22 Å². The Morgan fingerprint density at radius 3 is 1.71 bits per heavy atom. The van der Waals surface area contributed by atoms with Gasteiger partial charge in [-0.1, -0.05) is 47.6 Å². The van der Waals surface area contributed by atoms with E-state index in [4.69, 9.17) is 4.43 Å². The van der Waals surface area contributed by atoms with Crippen molar-refractivity contribution in [2.24, 2.45) is 0 Å². The molecule has 0 unspecified atom stereocenters. The zero-order valence-electron chi connectivity index (χ0n) is 12.2. The first kappa shape index (κ1) is 16.6. The number of carbonyl (C=O) groups is 1. The smallest absolute Gasteiger partial charge is 0.201 e. The number of hydrogen-bond donors (Lipinski definition) is 0. The van der Waals surface area contributed by atoms with Crippen LogP contribution in [0.1, 0.15) is 48.0 Å². The molecule has 0 amide bonds. The van der Waals surface area contributed by atoms with Gasteiger partial charge in [-0.3, -0.25) is 0 Å². The topological polar surface area (TPSA) is 26.3 Å². The van der Waals surface area contributed by atoms with E-state index in [1.807, 2.05) is 0 Å². The molecular formula is C14H28O2Si. The molecule has 0 saturated heterocycles. The van der Waals surface area contributed by atoms with Crippen LogP contribution in [-0.2, 0) is 9.22 Å². The molecule has 0 aliphatic heterocycles. The van der Waals surface area contributed by atoms with Gasteiger partial charge < -0.3 is 9.22 Å². The predicted octanol–water partition coefficient (Wildman–Crippen LogP) is 4.32. The van der Waals surface area contributed by atoms with Crippen LogP contribution in [0.25, 0.3) is 0 Å². The maximum atomic E-state index is 10.7. The van der Waals surface area contributed by atoms with Crippen molar-refractivity contribution in [2.45, 2.75) is 70.7 Å². The van der Waals surface area contributed by atoms with E-state index >= 15 is 0 Å². The Bertz CT molecular complexity index is 225. The molecule has 0 aliphatic carbocycles. The molecule has 0 aromatic rings. The van der Waals surface area contributed by atoms with Gasteiger partial charge in [-0.2, -0.15) is 0 Å². The Morgan fingerprint density at radius 1 is 1.06 bits per heavy atom. The largest absolute Gasteiger partial charge is 0.409 e. The third kappa shape index (κ3) is 3.78. The highest BCUT2D eigenvalue weighted by Gasteiger charge is 2.46. The van der Waals surface area contributed by atoms with Crippen LogP contribution in [0.2, 0.25) is 16.6 Å². The molecule has 0 aromatic heterocycles. The first-order valence-corrected chi connectivity index (χ1v) is 8.70. The van der Waals surface area contributed by atoms with Crippen LogP contribution in [0, 0.1) is 0 Å². The van der Waals surface area contributed by atoms with Crippen LogP contribution in [-0.4, -0.2) is 20.7 Å². The third-order valence-corrected chi connectivity index (χ3v) is 9.78. The molecule has 0 fully saturated rings. The standard InChI is InChI=1S/C14H28O2Si/c1-8-14(9-10-15)16-17(11(2)3,12(4)5)13(6)7/h8,10-14H,1,9H2,2-7H3/t14-/m0/s1. The van der Waals surface area contributed by atoms with Gasteiger partial charge in [-0.05, 0) is 16.6 Å². The Labute approximate surface area is 108 Å². The van der Waals surface area contributed by atoms with Crippen molar-refractivity contribution in [3.8, 4) is 0 Å². The molecule has 0 spiro atoms. The zero-order chi connectivity index (χ0) is 13.6. The second-order valence-corrected chi connectivity index (χ2v) is 11.0. The quantitative estimate of drug-likeness (QED) is 0.367. The maximum absolute atomic E-state index is 10.7. The van der Waals surface area contributed by atoms with Crippen molar-refractivity contribution in [1.29, 1.82) is 0 Å². The fraction of sp³-hybridized carbons (Fsp3) is 0.786. The average molecular weight is 256 g/mol. The van der Waals surface area contributed by atoms with Crippen LogP contribution >= 0.6 is 0 Å². The molecule has 0 rings (SSSR count). The summed E-state index contributed by atoms with van der Waals surface area (Å²) >= 11 is 0. The lowest BCUT2D eigenvalue weighted by atomic mass is 10.3. The molecule has 0 radical (unpaired) electrons. The Kier molecular flexibility index (Phi) is 6.94. The van der Waals surface area contributed by atoms with E-state index in [0.717, 1.165) is 6.29 Å². The summed E-state index contributed by atoms with van der Waals surface area (Å²) in [4.78, 5) is 10.7. The Morgan fingerprint density at radius 2 is 1.47 bits per heavy atom. The van der Waals surface area contributed by atoms with Gasteiger partial charge in [0.1, 0.15) is 6.29 Å². The van der Waals surface area contributed by atoms with E-state index in [2.05, 4.69) is 48.1 Å². The van der Waals surface area contributed by atoms with Crippen molar-refractivity contribution in [1.82, 2.24) is 0 Å². The van der Waals surface area contributed by atoms with Crippen LogP contribution < -0.4 is 0 Å². The highest BCUT2D eigenvalue weighted by atomic mass is 28.4. The highest BCUT2D eigenvalue weighted by Crippen LogP contribution is 2.43. The first-order valence-electron chi connectivity index (χ1n) is 6.56. The molecular weight excluding hydrogens is 228 g/mol. The lowest BCUT2D eigenvalue weighted by Gasteiger charge is -2.44. The van der Waals surface area contributed by atoms with Crippen LogP contribution in [0.5, 0.6) is 0 Å². The van der Waals surface area contributed by atoms with E-state index in [0.29, 0.717) is 23.0 Å². The fourth-order valence-corrected chi connectivity index (χ4v) is 8.49. The summed E-state index contributed by atoms with van der Waals surface area (Å²) in [7, 11) is -1.88. The van der Waals surface area contributed by atoms with Crippen molar-refractivity contribution in [3.05, 3.63) is 12.7 Å². The van der Waals surface area contributed by atoms with Gasteiger partial charge in [-0.15, -0.1) is 6.58 Å². The second-order valence-electron chi connectivity index (χ2n) is 5.61. The summed E-state index contributed by atoms with van der Waals surface area (Å²) in [6.45, 7) is 17.2. The number of aldehydes is 1. The first-order chi connectivity index (χ1) is 7.82. The molecule has 3 heteroatoms. The molecule has 0 bridgehead atoms. The molecule has 2 nitrogen and oxygen atoms in total. The van der Waals surface area contributed by atoms with Gasteiger partial charge in [0.05, 0.1) is 6.10 Å². The third-order valence-electron chi connectivity index (χ3n) is 3.65.